The van der Waals surface area contributed by atoms with Gasteiger partial charge in [0.25, 0.3) is 0 Å². The molecule has 0 amide bonds. The smallest absolute Gasteiger partial charge is 0.0801 e. The lowest BCUT2D eigenvalue weighted by Gasteiger charge is -2.03. The molecule has 0 spiro atoms. The van der Waals surface area contributed by atoms with Crippen LogP contribution in [-0.4, -0.2) is 22.9 Å². The molecule has 0 fully saturated rings. The molecule has 1 aliphatic rings. The second kappa shape index (κ2) is 6.90. The van der Waals surface area contributed by atoms with Crippen LogP contribution < -0.4 is 0 Å². The molecule has 21 heavy (non-hydrogen) atoms. The molecule has 2 nitrogen and oxygen atoms in total. The van der Waals surface area contributed by atoms with Crippen LogP contribution in [-0.2, 0) is 0 Å². The summed E-state index contributed by atoms with van der Waals surface area (Å²) in [4.78, 5) is 0. The van der Waals surface area contributed by atoms with Crippen molar-refractivity contribution in [2.75, 3.05) is 11.5 Å². The summed E-state index contributed by atoms with van der Waals surface area (Å²) in [6, 6.07) is 16.4. The first-order chi connectivity index (χ1) is 10.2. The maximum atomic E-state index is 4.46. The minimum Gasteiger partial charge on any atom is -0.154 e. The normalized spacial score (nSPS) is 15.1. The zero-order valence-electron chi connectivity index (χ0n) is 11.1. The Morgan fingerprint density at radius 1 is 0.667 bits per heavy atom. The van der Waals surface area contributed by atoms with E-state index in [1.165, 1.54) is 0 Å². The van der Waals surface area contributed by atoms with E-state index in [0.29, 0.717) is 0 Å². The van der Waals surface area contributed by atoms with Crippen molar-refractivity contribution in [1.82, 2.24) is 0 Å². The predicted molar refractivity (Wildman–Crippen MR) is 98.7 cm³/mol. The molecule has 106 valence electrons. The van der Waals surface area contributed by atoms with Crippen molar-refractivity contribution in [1.29, 1.82) is 0 Å². The molecule has 0 aromatic heterocycles. The highest BCUT2D eigenvalue weighted by atomic mass is 79.9. The molecule has 0 aliphatic carbocycles. The fourth-order valence-electron chi connectivity index (χ4n) is 1.99. The lowest BCUT2D eigenvalue weighted by Crippen LogP contribution is -2.04. The second-order valence-electron chi connectivity index (χ2n) is 4.60. The fraction of sp³-hybridized carbons (Fsp3) is 0.125. The Morgan fingerprint density at radius 3 is 1.43 bits per heavy atom. The van der Waals surface area contributed by atoms with Crippen LogP contribution in [0.5, 0.6) is 0 Å². The number of rotatable bonds is 2. The maximum Gasteiger partial charge on any atom is 0.0801 e. The van der Waals surface area contributed by atoms with Gasteiger partial charge in [-0.25, -0.2) is 0 Å². The van der Waals surface area contributed by atoms with Gasteiger partial charge in [0.1, 0.15) is 0 Å². The highest BCUT2D eigenvalue weighted by Crippen LogP contribution is 2.19. The van der Waals surface area contributed by atoms with E-state index in [1.54, 1.807) is 0 Å². The van der Waals surface area contributed by atoms with E-state index in [-0.39, 0.29) is 0 Å². The van der Waals surface area contributed by atoms with Crippen molar-refractivity contribution in [3.63, 3.8) is 0 Å². The standard InChI is InChI=1S/C16H12Br2N2S/c17-13-5-1-11(2-6-13)15-9-21-10-16(20-19-15)12-3-7-14(18)8-4-12/h1-8H,9-10H2. The molecule has 0 radical (unpaired) electrons. The Morgan fingerprint density at radius 2 is 1.05 bits per heavy atom. The lowest BCUT2D eigenvalue weighted by molar-refractivity contribution is 1.22. The second-order valence-corrected chi connectivity index (χ2v) is 7.42. The molecule has 0 saturated heterocycles. The molecular weight excluding hydrogens is 412 g/mol. The van der Waals surface area contributed by atoms with Crippen LogP contribution in [0.2, 0.25) is 0 Å². The summed E-state index contributed by atoms with van der Waals surface area (Å²) >= 11 is 8.75. The predicted octanol–water partition coefficient (Wildman–Crippen LogP) is 5.15. The summed E-state index contributed by atoms with van der Waals surface area (Å²) in [5.74, 6) is 1.76. The van der Waals surface area contributed by atoms with Gasteiger partial charge in [0, 0.05) is 20.5 Å². The van der Waals surface area contributed by atoms with Gasteiger partial charge in [0.05, 0.1) is 11.4 Å². The molecule has 0 N–H and O–H groups in total. The van der Waals surface area contributed by atoms with E-state index in [1.807, 2.05) is 36.0 Å². The van der Waals surface area contributed by atoms with Gasteiger partial charge < -0.3 is 0 Å². The van der Waals surface area contributed by atoms with Crippen molar-refractivity contribution in [3.8, 4) is 0 Å². The number of halogens is 2. The van der Waals surface area contributed by atoms with E-state index >= 15 is 0 Å². The molecule has 0 bridgehead atoms. The third kappa shape index (κ3) is 3.84. The van der Waals surface area contributed by atoms with Gasteiger partial charge >= 0.3 is 0 Å². The zero-order valence-corrected chi connectivity index (χ0v) is 15.1. The third-order valence-electron chi connectivity index (χ3n) is 3.12. The van der Waals surface area contributed by atoms with Crippen LogP contribution in [0, 0.1) is 0 Å². The number of hydrogen-bond acceptors (Lipinski definition) is 3. The number of hydrogen-bond donors (Lipinski definition) is 0. The molecule has 5 heteroatoms. The summed E-state index contributed by atoms with van der Waals surface area (Å²) in [6.07, 6.45) is 0. The van der Waals surface area contributed by atoms with E-state index in [2.05, 4.69) is 66.3 Å². The Hall–Kier alpha value is -0.910. The number of thioether (sulfide) groups is 1. The highest BCUT2D eigenvalue weighted by molar-refractivity contribution is 9.10. The minimum absolute atomic E-state index is 0.880. The SMILES string of the molecule is Brc1ccc(C2=NN=C(c3ccc(Br)cc3)CSC2)cc1. The first kappa shape index (κ1) is 15.0. The van der Waals surface area contributed by atoms with Crippen LogP contribution in [0.15, 0.2) is 67.7 Å². The fourth-order valence-corrected chi connectivity index (χ4v) is 3.46. The monoisotopic (exact) mass is 422 g/mol. The Balaban J connectivity index is 1.88. The van der Waals surface area contributed by atoms with Crippen molar-refractivity contribution >= 4 is 55.0 Å². The van der Waals surface area contributed by atoms with Crippen LogP contribution in [0.3, 0.4) is 0 Å². The van der Waals surface area contributed by atoms with Crippen LogP contribution in [0.25, 0.3) is 0 Å². The third-order valence-corrected chi connectivity index (χ3v) is 5.14. The quantitative estimate of drug-likeness (QED) is 0.655. The highest BCUT2D eigenvalue weighted by Gasteiger charge is 2.11. The summed E-state index contributed by atoms with van der Waals surface area (Å²) in [5, 5.41) is 8.92. The van der Waals surface area contributed by atoms with E-state index in [9.17, 15) is 0 Å². The van der Waals surface area contributed by atoms with Gasteiger partial charge in [-0.05, 0) is 35.4 Å². The summed E-state index contributed by atoms with van der Waals surface area (Å²) in [5.41, 5.74) is 4.32. The van der Waals surface area contributed by atoms with Crippen molar-refractivity contribution < 1.29 is 0 Å². The molecule has 0 atom stereocenters. The summed E-state index contributed by atoms with van der Waals surface area (Å²) in [6.45, 7) is 0. The average molecular weight is 424 g/mol. The van der Waals surface area contributed by atoms with Gasteiger partial charge in [0.15, 0.2) is 0 Å². The van der Waals surface area contributed by atoms with Crippen molar-refractivity contribution in [3.05, 3.63) is 68.6 Å². The average Bonchev–Trinajstić information content (AvgIpc) is 2.75. The van der Waals surface area contributed by atoms with Gasteiger partial charge in [0.2, 0.25) is 0 Å². The van der Waals surface area contributed by atoms with E-state index in [0.717, 1.165) is 43.0 Å². The first-order valence-electron chi connectivity index (χ1n) is 6.45. The van der Waals surface area contributed by atoms with Gasteiger partial charge in [-0.3, -0.25) is 0 Å². The van der Waals surface area contributed by atoms with Crippen LogP contribution in [0.1, 0.15) is 11.1 Å². The zero-order chi connectivity index (χ0) is 14.7. The van der Waals surface area contributed by atoms with Crippen LogP contribution in [0.4, 0.5) is 0 Å². The van der Waals surface area contributed by atoms with E-state index < -0.39 is 0 Å². The molecule has 1 aliphatic heterocycles. The Labute approximate surface area is 145 Å². The minimum atomic E-state index is 0.880. The molecule has 0 unspecified atom stereocenters. The van der Waals surface area contributed by atoms with Gasteiger partial charge in [-0.2, -0.15) is 10.2 Å². The first-order valence-corrected chi connectivity index (χ1v) is 9.19. The number of nitrogens with zero attached hydrogens (tertiary/aromatic N) is 2. The van der Waals surface area contributed by atoms with E-state index in [4.69, 9.17) is 0 Å². The van der Waals surface area contributed by atoms with Crippen LogP contribution >= 0.6 is 43.6 Å². The largest absolute Gasteiger partial charge is 0.154 e. The van der Waals surface area contributed by atoms with Gasteiger partial charge in [-0.15, -0.1) is 11.8 Å². The molecule has 2 aromatic rings. The molecule has 2 aromatic carbocycles. The molecule has 3 rings (SSSR count). The molecule has 0 saturated carbocycles. The lowest BCUT2D eigenvalue weighted by atomic mass is 10.1. The maximum absolute atomic E-state index is 4.46. The Bertz CT molecular complexity index is 630. The Kier molecular flexibility index (Phi) is 4.93. The summed E-state index contributed by atoms with van der Waals surface area (Å²) in [7, 11) is 0. The van der Waals surface area contributed by atoms with Crippen molar-refractivity contribution in [2.45, 2.75) is 0 Å². The van der Waals surface area contributed by atoms with Gasteiger partial charge in [-0.1, -0.05) is 56.1 Å². The topological polar surface area (TPSA) is 24.7 Å². The number of benzene rings is 2. The summed E-state index contributed by atoms with van der Waals surface area (Å²) < 4.78 is 2.15. The molecular formula is C16H12Br2N2S. The molecule has 1 heterocycles. The van der Waals surface area contributed by atoms with Crippen molar-refractivity contribution in [2.24, 2.45) is 10.2 Å².